The van der Waals surface area contributed by atoms with Gasteiger partial charge in [-0.1, -0.05) is 31.2 Å². The first-order valence-corrected chi connectivity index (χ1v) is 4.59. The summed E-state index contributed by atoms with van der Waals surface area (Å²) in [5.41, 5.74) is 0.170. The van der Waals surface area contributed by atoms with Gasteiger partial charge in [-0.2, -0.15) is 0 Å². The highest BCUT2D eigenvalue weighted by Gasteiger charge is 2.10. The molecular formula is C12H10F2. The Morgan fingerprint density at radius 2 is 1.86 bits per heavy atom. The van der Waals surface area contributed by atoms with Crippen LogP contribution in [0.25, 0.3) is 10.8 Å². The van der Waals surface area contributed by atoms with Crippen molar-refractivity contribution < 1.29 is 8.78 Å². The minimum Gasteiger partial charge on any atom is -0.207 e. The van der Waals surface area contributed by atoms with Crippen molar-refractivity contribution in [3.05, 3.63) is 47.5 Å². The Balaban J connectivity index is 2.86. The van der Waals surface area contributed by atoms with E-state index in [0.717, 1.165) is 0 Å². The molecule has 2 heteroatoms. The molecule has 0 heterocycles. The molecular weight excluding hydrogens is 182 g/mol. The van der Waals surface area contributed by atoms with E-state index in [4.69, 9.17) is 0 Å². The average Bonchev–Trinajstić information content (AvgIpc) is 2.18. The lowest BCUT2D eigenvalue weighted by Crippen LogP contribution is -1.94. The molecule has 0 radical (unpaired) electrons. The van der Waals surface area contributed by atoms with Gasteiger partial charge in [0.15, 0.2) is 0 Å². The smallest absolute Gasteiger partial charge is 0.137 e. The van der Waals surface area contributed by atoms with Crippen molar-refractivity contribution in [1.29, 1.82) is 0 Å². The van der Waals surface area contributed by atoms with Crippen LogP contribution in [-0.2, 0) is 6.42 Å². The fourth-order valence-corrected chi connectivity index (χ4v) is 1.64. The van der Waals surface area contributed by atoms with E-state index in [2.05, 4.69) is 0 Å². The van der Waals surface area contributed by atoms with Crippen LogP contribution in [0.15, 0.2) is 30.3 Å². The van der Waals surface area contributed by atoms with Crippen molar-refractivity contribution in [2.24, 2.45) is 0 Å². The van der Waals surface area contributed by atoms with Crippen molar-refractivity contribution >= 4 is 10.8 Å². The molecule has 0 bridgehead atoms. The molecule has 2 aromatic rings. The van der Waals surface area contributed by atoms with Crippen LogP contribution in [0.5, 0.6) is 0 Å². The molecule has 0 fully saturated rings. The number of fused-ring (bicyclic) bond motifs is 1. The third kappa shape index (κ3) is 1.27. The summed E-state index contributed by atoms with van der Waals surface area (Å²) >= 11 is 0. The van der Waals surface area contributed by atoms with Crippen LogP contribution in [0.1, 0.15) is 12.5 Å². The Labute approximate surface area is 81.2 Å². The van der Waals surface area contributed by atoms with Crippen molar-refractivity contribution in [2.45, 2.75) is 13.3 Å². The molecule has 0 aromatic heterocycles. The first kappa shape index (κ1) is 9.13. The highest BCUT2D eigenvalue weighted by atomic mass is 19.1. The van der Waals surface area contributed by atoms with E-state index in [0.29, 0.717) is 17.2 Å². The van der Waals surface area contributed by atoms with Crippen molar-refractivity contribution in [1.82, 2.24) is 0 Å². The zero-order valence-electron chi connectivity index (χ0n) is 7.85. The second-order valence-electron chi connectivity index (χ2n) is 3.23. The summed E-state index contributed by atoms with van der Waals surface area (Å²) in [6.07, 6.45) is 0.377. The quantitative estimate of drug-likeness (QED) is 0.646. The van der Waals surface area contributed by atoms with Crippen LogP contribution < -0.4 is 0 Å². The minimum atomic E-state index is -0.455. The monoisotopic (exact) mass is 192 g/mol. The number of hydrogen-bond acceptors (Lipinski definition) is 0. The Hall–Kier alpha value is -1.44. The van der Waals surface area contributed by atoms with Crippen molar-refractivity contribution in [3.8, 4) is 0 Å². The molecule has 0 N–H and O–H groups in total. The molecule has 0 nitrogen and oxygen atoms in total. The highest BCUT2D eigenvalue weighted by molar-refractivity contribution is 5.83. The van der Waals surface area contributed by atoms with Crippen molar-refractivity contribution in [3.63, 3.8) is 0 Å². The summed E-state index contributed by atoms with van der Waals surface area (Å²) in [5, 5.41) is 1.10. The maximum atomic E-state index is 13.7. The predicted molar refractivity (Wildman–Crippen MR) is 53.2 cm³/mol. The van der Waals surface area contributed by atoms with Gasteiger partial charge in [-0.05, 0) is 17.9 Å². The zero-order valence-corrected chi connectivity index (χ0v) is 7.85. The normalized spacial score (nSPS) is 10.8. The third-order valence-electron chi connectivity index (χ3n) is 2.39. The predicted octanol–water partition coefficient (Wildman–Crippen LogP) is 3.68. The molecule has 72 valence electrons. The first-order chi connectivity index (χ1) is 6.74. The molecule has 2 rings (SSSR count). The summed E-state index contributed by atoms with van der Waals surface area (Å²) in [4.78, 5) is 0. The lowest BCUT2D eigenvalue weighted by Gasteiger charge is -2.05. The van der Waals surface area contributed by atoms with Gasteiger partial charge in [0.2, 0.25) is 0 Å². The van der Waals surface area contributed by atoms with Gasteiger partial charge in [0.1, 0.15) is 11.6 Å². The van der Waals surface area contributed by atoms with E-state index in [1.807, 2.05) is 0 Å². The van der Waals surface area contributed by atoms with Crippen LogP contribution in [0.4, 0.5) is 8.78 Å². The maximum absolute atomic E-state index is 13.7. The molecule has 0 saturated heterocycles. The summed E-state index contributed by atoms with van der Waals surface area (Å²) < 4.78 is 27.0. The topological polar surface area (TPSA) is 0 Å². The molecule has 0 aliphatic carbocycles. The Kier molecular flexibility index (Phi) is 2.20. The van der Waals surface area contributed by atoms with Gasteiger partial charge in [-0.15, -0.1) is 0 Å². The third-order valence-corrected chi connectivity index (χ3v) is 2.39. The van der Waals surface area contributed by atoms with Crippen LogP contribution in [0.2, 0.25) is 0 Å². The molecule has 0 spiro atoms. The molecule has 0 aliphatic heterocycles. The van der Waals surface area contributed by atoms with Gasteiger partial charge in [0.05, 0.1) is 0 Å². The van der Waals surface area contributed by atoms with E-state index in [1.165, 1.54) is 6.07 Å². The second kappa shape index (κ2) is 3.37. The van der Waals surface area contributed by atoms with Gasteiger partial charge in [0, 0.05) is 10.9 Å². The molecule has 14 heavy (non-hydrogen) atoms. The molecule has 0 unspecified atom stereocenters. The van der Waals surface area contributed by atoms with Gasteiger partial charge in [-0.3, -0.25) is 0 Å². The number of halogens is 2. The summed E-state index contributed by atoms with van der Waals surface area (Å²) in [6.45, 7) is 1.75. The van der Waals surface area contributed by atoms with E-state index in [1.54, 1.807) is 31.2 Å². The Morgan fingerprint density at radius 1 is 1.14 bits per heavy atom. The molecule has 0 saturated carbocycles. The largest absolute Gasteiger partial charge is 0.207 e. The zero-order chi connectivity index (χ0) is 10.1. The first-order valence-electron chi connectivity index (χ1n) is 4.59. The van der Waals surface area contributed by atoms with Gasteiger partial charge < -0.3 is 0 Å². The fraction of sp³-hybridized carbons (Fsp3) is 0.167. The second-order valence-corrected chi connectivity index (χ2v) is 3.23. The molecule has 0 amide bonds. The molecule has 0 aliphatic rings. The van der Waals surface area contributed by atoms with Crippen molar-refractivity contribution in [2.75, 3.05) is 0 Å². The van der Waals surface area contributed by atoms with Crippen LogP contribution in [-0.4, -0.2) is 0 Å². The average molecular weight is 192 g/mol. The standard InChI is InChI=1S/C12H10F2/c1-2-9-11(13)7-8-5-3-4-6-10(8)12(9)14/h3-7H,2H2,1H3. The van der Waals surface area contributed by atoms with Crippen LogP contribution in [0, 0.1) is 11.6 Å². The highest BCUT2D eigenvalue weighted by Crippen LogP contribution is 2.23. The Morgan fingerprint density at radius 3 is 2.57 bits per heavy atom. The van der Waals surface area contributed by atoms with Gasteiger partial charge >= 0.3 is 0 Å². The number of benzene rings is 2. The molecule has 2 aromatic carbocycles. The van der Waals surface area contributed by atoms with E-state index in [9.17, 15) is 8.78 Å². The minimum absolute atomic E-state index is 0.170. The SMILES string of the molecule is CCc1c(F)cc2ccccc2c1F. The summed E-state index contributed by atoms with van der Waals surface area (Å²) in [6, 6.07) is 8.29. The van der Waals surface area contributed by atoms with Crippen LogP contribution >= 0.6 is 0 Å². The van der Waals surface area contributed by atoms with E-state index in [-0.39, 0.29) is 5.56 Å². The lowest BCUT2D eigenvalue weighted by molar-refractivity contribution is 0.567. The lowest BCUT2D eigenvalue weighted by atomic mass is 10.0. The number of rotatable bonds is 1. The summed E-state index contributed by atoms with van der Waals surface area (Å²) in [7, 11) is 0. The molecule has 0 atom stereocenters. The van der Waals surface area contributed by atoms with E-state index < -0.39 is 11.6 Å². The van der Waals surface area contributed by atoms with Gasteiger partial charge in [0.25, 0.3) is 0 Å². The Bertz CT molecular complexity index is 475. The maximum Gasteiger partial charge on any atom is 0.137 e. The van der Waals surface area contributed by atoms with Gasteiger partial charge in [-0.25, -0.2) is 8.78 Å². The number of hydrogen-bond donors (Lipinski definition) is 0. The fourth-order valence-electron chi connectivity index (χ4n) is 1.64. The van der Waals surface area contributed by atoms with Crippen LogP contribution in [0.3, 0.4) is 0 Å². The van der Waals surface area contributed by atoms with E-state index >= 15 is 0 Å². The summed E-state index contributed by atoms with van der Waals surface area (Å²) in [5.74, 6) is -0.883.